The number of nitrogens with two attached hydrogens (primary N) is 1. The SMILES string of the molecule is NCCC1CCCN(CC(=O)Nc2ccc(Br)cc2Br)C1. The van der Waals surface area contributed by atoms with Crippen molar-refractivity contribution in [3.05, 3.63) is 27.1 Å². The average molecular weight is 419 g/mol. The Kier molecular flexibility index (Phi) is 6.67. The van der Waals surface area contributed by atoms with Crippen LogP contribution in [0.1, 0.15) is 19.3 Å². The summed E-state index contributed by atoms with van der Waals surface area (Å²) in [6.07, 6.45) is 3.43. The summed E-state index contributed by atoms with van der Waals surface area (Å²) in [5, 5.41) is 2.96. The number of piperidine rings is 1. The maximum absolute atomic E-state index is 12.2. The third-order valence-electron chi connectivity index (χ3n) is 3.75. The van der Waals surface area contributed by atoms with Gasteiger partial charge in [0.2, 0.25) is 5.91 Å². The Morgan fingerprint density at radius 3 is 2.95 bits per heavy atom. The van der Waals surface area contributed by atoms with Gasteiger partial charge in [0.05, 0.1) is 12.2 Å². The molecule has 1 aromatic carbocycles. The predicted molar refractivity (Wildman–Crippen MR) is 93.3 cm³/mol. The Hall–Kier alpha value is -0.430. The smallest absolute Gasteiger partial charge is 0.238 e. The van der Waals surface area contributed by atoms with Crippen LogP contribution in [0.4, 0.5) is 5.69 Å². The number of likely N-dealkylation sites (tertiary alicyclic amines) is 1. The van der Waals surface area contributed by atoms with Crippen LogP contribution in [-0.4, -0.2) is 37.0 Å². The van der Waals surface area contributed by atoms with E-state index in [1.165, 1.54) is 6.42 Å². The Morgan fingerprint density at radius 2 is 2.24 bits per heavy atom. The number of nitrogens with zero attached hydrogens (tertiary/aromatic N) is 1. The molecule has 1 atom stereocenters. The first-order valence-corrected chi connectivity index (χ1v) is 8.84. The van der Waals surface area contributed by atoms with Crippen molar-refractivity contribution in [2.75, 3.05) is 31.5 Å². The van der Waals surface area contributed by atoms with Crippen LogP contribution in [0.15, 0.2) is 27.1 Å². The van der Waals surface area contributed by atoms with E-state index < -0.39 is 0 Å². The van der Waals surface area contributed by atoms with Gasteiger partial charge >= 0.3 is 0 Å². The zero-order valence-corrected chi connectivity index (χ0v) is 15.1. The van der Waals surface area contributed by atoms with Crippen LogP contribution in [0.5, 0.6) is 0 Å². The second-order valence-corrected chi connectivity index (χ2v) is 7.26. The molecule has 1 aromatic rings. The van der Waals surface area contributed by atoms with Crippen LogP contribution < -0.4 is 11.1 Å². The number of carbonyl (C=O) groups excluding carboxylic acids is 1. The van der Waals surface area contributed by atoms with Gasteiger partial charge in [-0.05, 0) is 72.4 Å². The number of benzene rings is 1. The summed E-state index contributed by atoms with van der Waals surface area (Å²) < 4.78 is 1.86. The van der Waals surface area contributed by atoms with E-state index in [9.17, 15) is 4.79 Å². The second-order valence-electron chi connectivity index (χ2n) is 5.49. The maximum atomic E-state index is 12.2. The van der Waals surface area contributed by atoms with E-state index in [0.29, 0.717) is 12.5 Å². The molecule has 1 aliphatic heterocycles. The summed E-state index contributed by atoms with van der Waals surface area (Å²) in [5.74, 6) is 0.669. The van der Waals surface area contributed by atoms with Crippen molar-refractivity contribution < 1.29 is 4.79 Å². The van der Waals surface area contributed by atoms with Gasteiger partial charge < -0.3 is 11.1 Å². The van der Waals surface area contributed by atoms with Crippen LogP contribution in [0.2, 0.25) is 0 Å². The summed E-state index contributed by atoms with van der Waals surface area (Å²) in [4.78, 5) is 14.4. The van der Waals surface area contributed by atoms with E-state index >= 15 is 0 Å². The van der Waals surface area contributed by atoms with Gasteiger partial charge in [-0.1, -0.05) is 15.9 Å². The summed E-state index contributed by atoms with van der Waals surface area (Å²) in [7, 11) is 0. The van der Waals surface area contributed by atoms with E-state index in [2.05, 4.69) is 42.1 Å². The Labute approximate surface area is 142 Å². The zero-order valence-electron chi connectivity index (χ0n) is 11.9. The summed E-state index contributed by atoms with van der Waals surface area (Å²) in [6, 6.07) is 5.73. The number of hydrogen-bond donors (Lipinski definition) is 2. The first kappa shape index (κ1) is 16.9. The standard InChI is InChI=1S/C15H21Br2N3O/c16-12-3-4-14(13(17)8-12)19-15(21)10-20-7-1-2-11(9-20)5-6-18/h3-4,8,11H,1-2,5-7,9-10,18H2,(H,19,21). The van der Waals surface area contributed by atoms with Crippen LogP contribution >= 0.6 is 31.9 Å². The predicted octanol–water partition coefficient (Wildman–Crippen LogP) is 3.21. The molecule has 4 nitrogen and oxygen atoms in total. The van der Waals surface area contributed by atoms with Gasteiger partial charge in [0.1, 0.15) is 0 Å². The molecule has 1 heterocycles. The van der Waals surface area contributed by atoms with Gasteiger partial charge in [-0.3, -0.25) is 9.69 Å². The van der Waals surface area contributed by atoms with Crippen LogP contribution in [0.25, 0.3) is 0 Å². The van der Waals surface area contributed by atoms with E-state index in [1.807, 2.05) is 18.2 Å². The largest absolute Gasteiger partial charge is 0.330 e. The number of anilines is 1. The lowest BCUT2D eigenvalue weighted by atomic mass is 9.95. The fourth-order valence-corrected chi connectivity index (χ4v) is 3.90. The van der Waals surface area contributed by atoms with E-state index in [0.717, 1.165) is 47.1 Å². The maximum Gasteiger partial charge on any atom is 0.238 e. The van der Waals surface area contributed by atoms with Crippen molar-refractivity contribution in [3.63, 3.8) is 0 Å². The number of hydrogen-bond acceptors (Lipinski definition) is 3. The van der Waals surface area contributed by atoms with Gasteiger partial charge in [-0.25, -0.2) is 0 Å². The first-order chi connectivity index (χ1) is 10.1. The molecule has 3 N–H and O–H groups in total. The highest BCUT2D eigenvalue weighted by Gasteiger charge is 2.21. The molecule has 1 aliphatic rings. The average Bonchev–Trinajstić information content (AvgIpc) is 2.43. The normalized spacial score (nSPS) is 19.5. The number of carbonyl (C=O) groups is 1. The fraction of sp³-hybridized carbons (Fsp3) is 0.533. The van der Waals surface area contributed by atoms with E-state index in [1.54, 1.807) is 0 Å². The minimum Gasteiger partial charge on any atom is -0.330 e. The molecular formula is C15H21Br2N3O. The minimum absolute atomic E-state index is 0.0337. The Balaban J connectivity index is 1.86. The molecule has 0 aromatic heterocycles. The highest BCUT2D eigenvalue weighted by atomic mass is 79.9. The van der Waals surface area contributed by atoms with Crippen molar-refractivity contribution in [1.29, 1.82) is 0 Å². The molecule has 0 saturated carbocycles. The van der Waals surface area contributed by atoms with Gasteiger partial charge in [0.25, 0.3) is 0 Å². The van der Waals surface area contributed by atoms with E-state index in [4.69, 9.17) is 5.73 Å². The lowest BCUT2D eigenvalue weighted by Gasteiger charge is -2.32. The van der Waals surface area contributed by atoms with Crippen LogP contribution in [0.3, 0.4) is 0 Å². The fourth-order valence-electron chi connectivity index (χ4n) is 2.75. The molecule has 2 rings (SSSR count). The molecule has 1 fully saturated rings. The number of nitrogens with one attached hydrogen (secondary N) is 1. The number of halogens is 2. The molecule has 21 heavy (non-hydrogen) atoms. The first-order valence-electron chi connectivity index (χ1n) is 7.26. The van der Waals surface area contributed by atoms with Crippen molar-refractivity contribution >= 4 is 43.5 Å². The Morgan fingerprint density at radius 1 is 1.43 bits per heavy atom. The van der Waals surface area contributed by atoms with Gasteiger partial charge in [-0.15, -0.1) is 0 Å². The van der Waals surface area contributed by atoms with Crippen molar-refractivity contribution in [2.24, 2.45) is 11.7 Å². The minimum atomic E-state index is 0.0337. The van der Waals surface area contributed by atoms with Gasteiger partial charge in [0, 0.05) is 15.5 Å². The summed E-state index contributed by atoms with van der Waals surface area (Å²) in [6.45, 7) is 3.16. The number of amides is 1. The van der Waals surface area contributed by atoms with Crippen molar-refractivity contribution in [1.82, 2.24) is 4.90 Å². The number of rotatable bonds is 5. The van der Waals surface area contributed by atoms with Crippen molar-refractivity contribution in [3.8, 4) is 0 Å². The molecular weight excluding hydrogens is 398 g/mol. The van der Waals surface area contributed by atoms with Gasteiger partial charge in [-0.2, -0.15) is 0 Å². The molecule has 1 unspecified atom stereocenters. The lowest BCUT2D eigenvalue weighted by molar-refractivity contribution is -0.117. The monoisotopic (exact) mass is 417 g/mol. The zero-order chi connectivity index (χ0) is 15.2. The highest BCUT2D eigenvalue weighted by molar-refractivity contribution is 9.11. The third kappa shape index (κ3) is 5.36. The molecule has 0 aliphatic carbocycles. The third-order valence-corrected chi connectivity index (χ3v) is 4.90. The van der Waals surface area contributed by atoms with Gasteiger partial charge in [0.15, 0.2) is 0 Å². The Bertz CT molecular complexity index is 494. The molecule has 0 radical (unpaired) electrons. The van der Waals surface area contributed by atoms with Crippen molar-refractivity contribution in [2.45, 2.75) is 19.3 Å². The van der Waals surface area contributed by atoms with Crippen LogP contribution in [-0.2, 0) is 4.79 Å². The quantitative estimate of drug-likeness (QED) is 0.771. The highest BCUT2D eigenvalue weighted by Crippen LogP contribution is 2.26. The summed E-state index contributed by atoms with van der Waals surface area (Å²) in [5.41, 5.74) is 6.43. The lowest BCUT2D eigenvalue weighted by Crippen LogP contribution is -2.41. The molecule has 0 bridgehead atoms. The molecule has 1 saturated heterocycles. The van der Waals surface area contributed by atoms with E-state index in [-0.39, 0.29) is 5.91 Å². The summed E-state index contributed by atoms with van der Waals surface area (Å²) >= 11 is 6.86. The second kappa shape index (κ2) is 8.27. The molecule has 116 valence electrons. The molecule has 0 spiro atoms. The topological polar surface area (TPSA) is 58.4 Å². The molecule has 1 amide bonds. The molecule has 6 heteroatoms. The van der Waals surface area contributed by atoms with Crippen LogP contribution in [0, 0.1) is 5.92 Å².